The molecule has 3 rings (SSSR count). The van der Waals surface area contributed by atoms with Gasteiger partial charge in [-0.15, -0.1) is 0 Å². The van der Waals surface area contributed by atoms with Crippen LogP contribution in [-0.4, -0.2) is 33.7 Å². The first-order valence-corrected chi connectivity index (χ1v) is 7.97. The minimum atomic E-state index is 0.114. The van der Waals surface area contributed by atoms with E-state index in [4.69, 9.17) is 0 Å². The van der Waals surface area contributed by atoms with Crippen molar-refractivity contribution in [3.8, 4) is 5.69 Å². The number of nitrogens with zero attached hydrogens (tertiary/aromatic N) is 3. The van der Waals surface area contributed by atoms with E-state index >= 15 is 0 Å². The molecule has 116 valence electrons. The fourth-order valence-corrected chi connectivity index (χ4v) is 3.02. The number of carbonyl (C=O) groups is 1. The van der Waals surface area contributed by atoms with Crippen LogP contribution < -0.4 is 0 Å². The molecule has 22 heavy (non-hydrogen) atoms. The molecule has 4 nitrogen and oxygen atoms in total. The minimum absolute atomic E-state index is 0.114. The Kier molecular flexibility index (Phi) is 4.01. The largest absolute Gasteiger partial charge is 0.339 e. The van der Waals surface area contributed by atoms with Crippen LogP contribution in [0.4, 0.5) is 0 Å². The molecule has 2 aromatic rings. The molecule has 1 aromatic heterocycles. The Bertz CT molecular complexity index is 681. The van der Waals surface area contributed by atoms with Crippen LogP contribution in [0.2, 0.25) is 0 Å². The summed E-state index contributed by atoms with van der Waals surface area (Å²) in [4.78, 5) is 14.7. The van der Waals surface area contributed by atoms with E-state index in [9.17, 15) is 4.79 Å². The molecule has 1 saturated heterocycles. The van der Waals surface area contributed by atoms with Gasteiger partial charge in [0.05, 0.1) is 23.1 Å². The average molecular weight is 297 g/mol. The van der Waals surface area contributed by atoms with Crippen molar-refractivity contribution < 1.29 is 4.79 Å². The zero-order valence-electron chi connectivity index (χ0n) is 13.5. The number of rotatable bonds is 2. The van der Waals surface area contributed by atoms with Gasteiger partial charge in [0, 0.05) is 13.1 Å². The van der Waals surface area contributed by atoms with Crippen molar-refractivity contribution in [3.05, 3.63) is 47.3 Å². The first-order chi connectivity index (χ1) is 10.6. The monoisotopic (exact) mass is 297 g/mol. The molecule has 0 aliphatic carbocycles. The van der Waals surface area contributed by atoms with Gasteiger partial charge in [-0.05, 0) is 50.3 Å². The molecule has 4 heteroatoms. The molecule has 0 N–H and O–H groups in total. The van der Waals surface area contributed by atoms with Gasteiger partial charge in [0.25, 0.3) is 5.91 Å². The van der Waals surface area contributed by atoms with Gasteiger partial charge in [-0.2, -0.15) is 5.10 Å². The number of benzene rings is 1. The van der Waals surface area contributed by atoms with Crippen molar-refractivity contribution in [3.63, 3.8) is 0 Å². The van der Waals surface area contributed by atoms with Gasteiger partial charge < -0.3 is 4.90 Å². The molecule has 1 aromatic carbocycles. The van der Waals surface area contributed by atoms with Gasteiger partial charge in [0.15, 0.2) is 0 Å². The molecule has 1 amide bonds. The highest BCUT2D eigenvalue weighted by molar-refractivity contribution is 5.95. The van der Waals surface area contributed by atoms with Crippen LogP contribution in [-0.2, 0) is 0 Å². The number of amides is 1. The Morgan fingerprint density at radius 2 is 1.95 bits per heavy atom. The quantitative estimate of drug-likeness (QED) is 0.852. The summed E-state index contributed by atoms with van der Waals surface area (Å²) in [6, 6.07) is 8.17. The lowest BCUT2D eigenvalue weighted by Crippen LogP contribution is -2.38. The van der Waals surface area contributed by atoms with Crippen LogP contribution in [0.1, 0.15) is 41.4 Å². The second-order valence-corrected chi connectivity index (χ2v) is 6.37. The minimum Gasteiger partial charge on any atom is -0.339 e. The average Bonchev–Trinajstić information content (AvgIpc) is 2.89. The van der Waals surface area contributed by atoms with E-state index in [0.717, 1.165) is 48.8 Å². The molecule has 0 atom stereocenters. The van der Waals surface area contributed by atoms with Crippen molar-refractivity contribution in [2.75, 3.05) is 13.1 Å². The Labute approximate surface area is 131 Å². The summed E-state index contributed by atoms with van der Waals surface area (Å²) >= 11 is 0. The summed E-state index contributed by atoms with van der Waals surface area (Å²) in [6.45, 7) is 7.99. The smallest absolute Gasteiger partial charge is 0.257 e. The first kappa shape index (κ1) is 14.8. The Balaban J connectivity index is 1.85. The van der Waals surface area contributed by atoms with Crippen LogP contribution in [0.15, 0.2) is 30.5 Å². The summed E-state index contributed by atoms with van der Waals surface area (Å²) < 4.78 is 1.85. The van der Waals surface area contributed by atoms with Gasteiger partial charge in [-0.1, -0.05) is 19.1 Å². The summed E-state index contributed by atoms with van der Waals surface area (Å²) in [6.07, 6.45) is 3.89. The number of likely N-dealkylation sites (tertiary alicyclic amines) is 1. The normalized spacial score (nSPS) is 16.0. The Hall–Kier alpha value is -2.10. The van der Waals surface area contributed by atoms with Gasteiger partial charge in [-0.3, -0.25) is 4.79 Å². The van der Waals surface area contributed by atoms with E-state index in [0.29, 0.717) is 0 Å². The predicted octanol–water partition coefficient (Wildman–Crippen LogP) is 3.36. The lowest BCUT2D eigenvalue weighted by atomic mass is 9.99. The van der Waals surface area contributed by atoms with Crippen molar-refractivity contribution in [2.45, 2.75) is 33.6 Å². The molecule has 0 radical (unpaired) electrons. The van der Waals surface area contributed by atoms with E-state index in [1.165, 1.54) is 5.56 Å². The van der Waals surface area contributed by atoms with Crippen molar-refractivity contribution in [1.82, 2.24) is 14.7 Å². The Morgan fingerprint density at radius 1 is 1.23 bits per heavy atom. The third-order valence-corrected chi connectivity index (χ3v) is 4.56. The highest BCUT2D eigenvalue weighted by Crippen LogP contribution is 2.21. The first-order valence-electron chi connectivity index (χ1n) is 7.97. The van der Waals surface area contributed by atoms with E-state index < -0.39 is 0 Å². The lowest BCUT2D eigenvalue weighted by Gasteiger charge is -2.30. The summed E-state index contributed by atoms with van der Waals surface area (Å²) in [5, 5.41) is 4.43. The van der Waals surface area contributed by atoms with E-state index in [1.807, 2.05) is 28.6 Å². The number of carbonyl (C=O) groups excluding carboxylic acids is 1. The highest BCUT2D eigenvalue weighted by Gasteiger charge is 2.24. The molecule has 2 heterocycles. The molecule has 1 fully saturated rings. The molecule has 0 spiro atoms. The van der Waals surface area contributed by atoms with Crippen molar-refractivity contribution in [1.29, 1.82) is 0 Å². The predicted molar refractivity (Wildman–Crippen MR) is 87.3 cm³/mol. The van der Waals surface area contributed by atoms with E-state index in [2.05, 4.69) is 31.1 Å². The van der Waals surface area contributed by atoms with Crippen LogP contribution in [0.25, 0.3) is 5.69 Å². The summed E-state index contributed by atoms with van der Waals surface area (Å²) in [7, 11) is 0. The van der Waals surface area contributed by atoms with Crippen molar-refractivity contribution in [2.24, 2.45) is 5.92 Å². The van der Waals surface area contributed by atoms with Gasteiger partial charge in [0.2, 0.25) is 0 Å². The fraction of sp³-hybridized carbons (Fsp3) is 0.444. The molecular formula is C18H23N3O. The third kappa shape index (κ3) is 2.78. The number of hydrogen-bond donors (Lipinski definition) is 0. The standard InChI is InChI=1S/C18H23N3O/c1-13-7-9-20(10-8-13)18(22)17-12-19-21(15(17)3)16-6-4-5-14(2)11-16/h4-6,11-13H,7-10H2,1-3H3. The van der Waals surface area contributed by atoms with Crippen LogP contribution in [0, 0.1) is 19.8 Å². The second kappa shape index (κ2) is 5.95. The summed E-state index contributed by atoms with van der Waals surface area (Å²) in [5.74, 6) is 0.837. The van der Waals surface area contributed by atoms with Gasteiger partial charge >= 0.3 is 0 Å². The van der Waals surface area contributed by atoms with Gasteiger partial charge in [-0.25, -0.2) is 4.68 Å². The molecule has 0 saturated carbocycles. The van der Waals surface area contributed by atoms with Crippen LogP contribution >= 0.6 is 0 Å². The summed E-state index contributed by atoms with van der Waals surface area (Å²) in [5.41, 5.74) is 3.82. The number of piperidine rings is 1. The van der Waals surface area contributed by atoms with Gasteiger partial charge in [0.1, 0.15) is 0 Å². The maximum absolute atomic E-state index is 12.7. The zero-order chi connectivity index (χ0) is 15.7. The van der Waals surface area contributed by atoms with E-state index in [1.54, 1.807) is 6.20 Å². The molecule has 1 aliphatic heterocycles. The topological polar surface area (TPSA) is 38.1 Å². The second-order valence-electron chi connectivity index (χ2n) is 6.37. The maximum Gasteiger partial charge on any atom is 0.257 e. The Morgan fingerprint density at radius 3 is 2.64 bits per heavy atom. The molecule has 1 aliphatic rings. The van der Waals surface area contributed by atoms with E-state index in [-0.39, 0.29) is 5.91 Å². The molecular weight excluding hydrogens is 274 g/mol. The fourth-order valence-electron chi connectivity index (χ4n) is 3.02. The number of aryl methyl sites for hydroxylation is 1. The third-order valence-electron chi connectivity index (χ3n) is 4.56. The SMILES string of the molecule is Cc1cccc(-n2ncc(C(=O)N3CCC(C)CC3)c2C)c1. The number of aromatic nitrogens is 2. The van der Waals surface area contributed by atoms with Crippen LogP contribution in [0.5, 0.6) is 0 Å². The molecule has 0 unspecified atom stereocenters. The maximum atomic E-state index is 12.7. The lowest BCUT2D eigenvalue weighted by molar-refractivity contribution is 0.0696. The number of hydrogen-bond acceptors (Lipinski definition) is 2. The van der Waals surface area contributed by atoms with Crippen molar-refractivity contribution >= 4 is 5.91 Å². The highest BCUT2D eigenvalue weighted by atomic mass is 16.2. The zero-order valence-corrected chi connectivity index (χ0v) is 13.5. The van der Waals surface area contributed by atoms with Crippen LogP contribution in [0.3, 0.4) is 0 Å². The molecule has 0 bridgehead atoms.